The Morgan fingerprint density at radius 1 is 1.00 bits per heavy atom. The fourth-order valence-corrected chi connectivity index (χ4v) is 12.3. The van der Waals surface area contributed by atoms with Crippen molar-refractivity contribution in [2.75, 3.05) is 6.61 Å². The molecular formula is C16H36O3Si2. The molecule has 0 spiro atoms. The Morgan fingerprint density at radius 2 is 1.57 bits per heavy atom. The molecule has 0 aromatic rings. The van der Waals surface area contributed by atoms with Crippen LogP contribution in [-0.4, -0.2) is 29.2 Å². The maximum absolute atomic E-state index is 12.0. The first kappa shape index (κ1) is 20.9. The van der Waals surface area contributed by atoms with Crippen LogP contribution in [0.2, 0.25) is 38.3 Å². The lowest BCUT2D eigenvalue weighted by Gasteiger charge is -2.35. The normalized spacial score (nSPS) is 14.0. The zero-order chi connectivity index (χ0) is 16.5. The topological polar surface area (TPSA) is 35.5 Å². The summed E-state index contributed by atoms with van der Waals surface area (Å²) in [5, 5.41) is 0. The third kappa shape index (κ3) is 10.3. The molecule has 0 aliphatic rings. The first-order chi connectivity index (χ1) is 9.63. The van der Waals surface area contributed by atoms with E-state index in [2.05, 4.69) is 40.0 Å². The van der Waals surface area contributed by atoms with Gasteiger partial charge in [0.2, 0.25) is 0 Å². The number of rotatable bonds is 11. The molecule has 0 bridgehead atoms. The minimum absolute atomic E-state index is 0.0421. The van der Waals surface area contributed by atoms with Crippen molar-refractivity contribution < 1.29 is 13.6 Å². The highest BCUT2D eigenvalue weighted by molar-refractivity contribution is 6.84. The number of hydrogen-bond acceptors (Lipinski definition) is 3. The van der Waals surface area contributed by atoms with Gasteiger partial charge in [-0.15, -0.1) is 0 Å². The van der Waals surface area contributed by atoms with Crippen LogP contribution in [0.5, 0.6) is 0 Å². The van der Waals surface area contributed by atoms with E-state index >= 15 is 0 Å². The Balaban J connectivity index is 4.34. The molecule has 0 aliphatic heterocycles. The summed E-state index contributed by atoms with van der Waals surface area (Å²) < 4.78 is 11.9. The van der Waals surface area contributed by atoms with Gasteiger partial charge in [-0.2, -0.15) is 0 Å². The second kappa shape index (κ2) is 9.79. The predicted octanol–water partition coefficient (Wildman–Crippen LogP) is 5.19. The molecule has 0 heterocycles. The van der Waals surface area contributed by atoms with Crippen molar-refractivity contribution in [3.8, 4) is 0 Å². The fourth-order valence-electron chi connectivity index (χ4n) is 2.72. The summed E-state index contributed by atoms with van der Waals surface area (Å²) in [6.45, 7) is 16.0. The lowest BCUT2D eigenvalue weighted by molar-refractivity contribution is -0.147. The van der Waals surface area contributed by atoms with Gasteiger partial charge in [0.15, 0.2) is 16.6 Å². The molecule has 0 radical (unpaired) electrons. The number of carbonyl (C=O) groups excluding carboxylic acids is 1. The highest BCUT2D eigenvalue weighted by Crippen LogP contribution is 2.26. The highest BCUT2D eigenvalue weighted by atomic mass is 28.4. The molecule has 0 N–H and O–H groups in total. The standard InChI is InChI=1S/C16H36O3Si2/c1-8-10-12-18-16(17)15(3)14-21(6,7)19-20(4,5)13-11-9-2/h15H,8-14H2,1-7H3. The Hall–Kier alpha value is -0.136. The average Bonchev–Trinajstić information content (AvgIpc) is 2.34. The van der Waals surface area contributed by atoms with Gasteiger partial charge in [-0.25, -0.2) is 0 Å². The molecule has 0 amide bonds. The lowest BCUT2D eigenvalue weighted by atomic mass is 10.2. The molecule has 0 aliphatic carbocycles. The van der Waals surface area contributed by atoms with Crippen LogP contribution < -0.4 is 0 Å². The maximum Gasteiger partial charge on any atom is 0.308 e. The monoisotopic (exact) mass is 332 g/mol. The molecule has 0 saturated heterocycles. The Kier molecular flexibility index (Phi) is 9.73. The molecular weight excluding hydrogens is 296 g/mol. The minimum atomic E-state index is -1.80. The molecule has 0 saturated carbocycles. The molecule has 21 heavy (non-hydrogen) atoms. The van der Waals surface area contributed by atoms with Gasteiger partial charge in [-0.1, -0.05) is 40.0 Å². The van der Waals surface area contributed by atoms with Crippen LogP contribution in [0.4, 0.5) is 0 Å². The van der Waals surface area contributed by atoms with E-state index in [1.54, 1.807) is 0 Å². The second-order valence-corrected chi connectivity index (χ2v) is 16.1. The van der Waals surface area contributed by atoms with Crippen LogP contribution in [0.15, 0.2) is 0 Å². The van der Waals surface area contributed by atoms with E-state index in [0.29, 0.717) is 6.61 Å². The smallest absolute Gasteiger partial charge is 0.308 e. The van der Waals surface area contributed by atoms with Gasteiger partial charge in [-0.05, 0) is 44.7 Å². The number of carbonyl (C=O) groups is 1. The van der Waals surface area contributed by atoms with Crippen molar-refractivity contribution in [2.45, 2.75) is 84.7 Å². The van der Waals surface area contributed by atoms with E-state index in [4.69, 9.17) is 8.85 Å². The van der Waals surface area contributed by atoms with E-state index < -0.39 is 16.6 Å². The van der Waals surface area contributed by atoms with E-state index in [1.807, 2.05) is 6.92 Å². The van der Waals surface area contributed by atoms with E-state index in [1.165, 1.54) is 18.9 Å². The van der Waals surface area contributed by atoms with Crippen molar-refractivity contribution in [3.05, 3.63) is 0 Å². The van der Waals surface area contributed by atoms with E-state index in [9.17, 15) is 4.79 Å². The maximum atomic E-state index is 12.0. The van der Waals surface area contributed by atoms with E-state index in [-0.39, 0.29) is 11.9 Å². The van der Waals surface area contributed by atoms with Gasteiger partial charge in [0.25, 0.3) is 0 Å². The number of hydrogen-bond donors (Lipinski definition) is 0. The second-order valence-electron chi connectivity index (χ2n) is 7.35. The van der Waals surface area contributed by atoms with Gasteiger partial charge >= 0.3 is 5.97 Å². The lowest BCUT2D eigenvalue weighted by Crippen LogP contribution is -2.45. The summed E-state index contributed by atoms with van der Waals surface area (Å²) in [6.07, 6.45) is 4.48. The fraction of sp³-hybridized carbons (Fsp3) is 0.938. The molecule has 0 aromatic carbocycles. The largest absolute Gasteiger partial charge is 0.465 e. The highest BCUT2D eigenvalue weighted by Gasteiger charge is 2.35. The van der Waals surface area contributed by atoms with E-state index in [0.717, 1.165) is 18.9 Å². The predicted molar refractivity (Wildman–Crippen MR) is 95.6 cm³/mol. The van der Waals surface area contributed by atoms with Gasteiger partial charge in [0.05, 0.1) is 12.5 Å². The quantitative estimate of drug-likeness (QED) is 0.296. The molecule has 5 heteroatoms. The van der Waals surface area contributed by atoms with Crippen molar-refractivity contribution in [2.24, 2.45) is 5.92 Å². The van der Waals surface area contributed by atoms with Crippen molar-refractivity contribution >= 4 is 22.6 Å². The summed E-state index contributed by atoms with van der Waals surface area (Å²) in [7, 11) is -3.38. The average molecular weight is 333 g/mol. The van der Waals surface area contributed by atoms with Gasteiger partial charge in [0.1, 0.15) is 0 Å². The Labute approximate surface area is 134 Å². The molecule has 0 aromatic heterocycles. The van der Waals surface area contributed by atoms with Gasteiger partial charge < -0.3 is 8.85 Å². The minimum Gasteiger partial charge on any atom is -0.465 e. The summed E-state index contributed by atoms with van der Waals surface area (Å²) in [5.41, 5.74) is 0. The molecule has 0 fully saturated rings. The molecule has 126 valence electrons. The summed E-state index contributed by atoms with van der Waals surface area (Å²) in [4.78, 5) is 12.0. The first-order valence-corrected chi connectivity index (χ1v) is 14.7. The molecule has 1 atom stereocenters. The Bertz CT molecular complexity index is 304. The SMILES string of the molecule is CCCCOC(=O)C(C)C[Si](C)(C)O[Si](C)(C)CCCC. The zero-order valence-corrected chi connectivity index (χ0v) is 17.3. The number of unbranched alkanes of at least 4 members (excludes halogenated alkanes) is 2. The first-order valence-electron chi connectivity index (χ1n) is 8.50. The number of ether oxygens (including phenoxy) is 1. The zero-order valence-electron chi connectivity index (χ0n) is 15.3. The van der Waals surface area contributed by atoms with Crippen LogP contribution in [0.25, 0.3) is 0 Å². The van der Waals surface area contributed by atoms with Crippen LogP contribution in [0.1, 0.15) is 46.5 Å². The molecule has 0 rings (SSSR count). The Morgan fingerprint density at radius 3 is 2.10 bits per heavy atom. The van der Waals surface area contributed by atoms with Gasteiger partial charge in [0, 0.05) is 0 Å². The van der Waals surface area contributed by atoms with Crippen LogP contribution >= 0.6 is 0 Å². The van der Waals surface area contributed by atoms with Crippen molar-refractivity contribution in [3.63, 3.8) is 0 Å². The summed E-state index contributed by atoms with van der Waals surface area (Å²) >= 11 is 0. The van der Waals surface area contributed by atoms with Crippen LogP contribution in [0.3, 0.4) is 0 Å². The number of esters is 1. The third-order valence-electron chi connectivity index (χ3n) is 3.63. The van der Waals surface area contributed by atoms with Crippen LogP contribution in [-0.2, 0) is 13.6 Å². The summed E-state index contributed by atoms with van der Waals surface area (Å²) in [6, 6.07) is 2.08. The summed E-state index contributed by atoms with van der Waals surface area (Å²) in [5.74, 6) is -0.0971. The van der Waals surface area contributed by atoms with Crippen molar-refractivity contribution in [1.82, 2.24) is 0 Å². The third-order valence-corrected chi connectivity index (χ3v) is 11.2. The molecule has 3 nitrogen and oxygen atoms in total. The van der Waals surface area contributed by atoms with Gasteiger partial charge in [-0.3, -0.25) is 4.79 Å². The van der Waals surface area contributed by atoms with Crippen LogP contribution in [0, 0.1) is 5.92 Å². The molecule has 1 unspecified atom stereocenters. The van der Waals surface area contributed by atoms with Crippen molar-refractivity contribution in [1.29, 1.82) is 0 Å².